The number of nitrogens with zero attached hydrogens (tertiary/aromatic N) is 1. The number of carbonyl (C=O) groups excluding carboxylic acids is 1. The van der Waals surface area contributed by atoms with Crippen molar-refractivity contribution < 1.29 is 4.79 Å². The van der Waals surface area contributed by atoms with Crippen molar-refractivity contribution >= 4 is 24.9 Å². The lowest BCUT2D eigenvalue weighted by Crippen LogP contribution is -2.53. The third-order valence-corrected chi connectivity index (χ3v) is 6.56. The Morgan fingerprint density at radius 2 is 1.45 bits per heavy atom. The second kappa shape index (κ2) is 6.05. The summed E-state index contributed by atoms with van der Waals surface area (Å²) in [6.45, 7) is 6.25. The minimum Gasteiger partial charge on any atom is -0.315 e. The van der Waals surface area contributed by atoms with Crippen molar-refractivity contribution in [1.82, 2.24) is 0 Å². The first kappa shape index (κ1) is 14.5. The molecule has 3 heteroatoms. The van der Waals surface area contributed by atoms with E-state index < -0.39 is 8.07 Å². The zero-order valence-corrected chi connectivity index (χ0v) is 13.3. The molecule has 0 bridgehead atoms. The lowest BCUT2D eigenvalue weighted by molar-refractivity contribution is -0.116. The van der Waals surface area contributed by atoms with Crippen molar-refractivity contribution in [3.05, 3.63) is 60.7 Å². The molecule has 2 aromatic rings. The summed E-state index contributed by atoms with van der Waals surface area (Å²) in [7, 11) is -1.68. The molecule has 0 fully saturated rings. The molecule has 1 amide bonds. The molecule has 0 atom stereocenters. The van der Waals surface area contributed by atoms with Crippen LogP contribution >= 0.6 is 0 Å². The van der Waals surface area contributed by atoms with E-state index in [9.17, 15) is 4.79 Å². The molecular formula is C17H21NOSi. The van der Waals surface area contributed by atoms with Gasteiger partial charge < -0.3 is 4.90 Å². The van der Waals surface area contributed by atoms with Gasteiger partial charge in [0.05, 0.1) is 0 Å². The van der Waals surface area contributed by atoms with Crippen LogP contribution in [-0.4, -0.2) is 20.1 Å². The highest BCUT2D eigenvalue weighted by Gasteiger charge is 2.28. The van der Waals surface area contributed by atoms with E-state index in [2.05, 4.69) is 37.4 Å². The quantitative estimate of drug-likeness (QED) is 0.789. The standard InChI is InChI=1S/C17H21NOSi/c1-15(19)18(16-10-6-4-7-11-16)14-20(2,3)17-12-8-5-9-13-17/h4-13H,14H2,1-3H3. The van der Waals surface area contributed by atoms with Gasteiger partial charge in [0.1, 0.15) is 8.07 Å². The molecule has 0 saturated heterocycles. The molecule has 0 aromatic heterocycles. The van der Waals surface area contributed by atoms with Gasteiger partial charge in [-0.1, -0.05) is 66.8 Å². The van der Waals surface area contributed by atoms with Gasteiger partial charge in [0.15, 0.2) is 0 Å². The van der Waals surface area contributed by atoms with Gasteiger partial charge in [0.25, 0.3) is 0 Å². The Bertz CT molecular complexity index is 566. The zero-order chi connectivity index (χ0) is 14.6. The Hall–Kier alpha value is -1.87. The van der Waals surface area contributed by atoms with Gasteiger partial charge in [-0.25, -0.2) is 0 Å². The maximum Gasteiger partial charge on any atom is 0.223 e. The lowest BCUT2D eigenvalue weighted by Gasteiger charge is -2.31. The molecule has 2 rings (SSSR count). The highest BCUT2D eigenvalue weighted by atomic mass is 28.3. The summed E-state index contributed by atoms with van der Waals surface area (Å²) < 4.78 is 0. The maximum absolute atomic E-state index is 12.0. The van der Waals surface area contributed by atoms with E-state index in [-0.39, 0.29) is 5.91 Å². The molecule has 0 radical (unpaired) electrons. The van der Waals surface area contributed by atoms with Crippen molar-refractivity contribution in [2.24, 2.45) is 0 Å². The Balaban J connectivity index is 2.27. The molecule has 0 aliphatic carbocycles. The first-order valence-corrected chi connectivity index (χ1v) is 10.1. The van der Waals surface area contributed by atoms with Crippen molar-refractivity contribution in [3.8, 4) is 0 Å². The van der Waals surface area contributed by atoms with Crippen molar-refractivity contribution in [3.63, 3.8) is 0 Å². The van der Waals surface area contributed by atoms with E-state index in [0.29, 0.717) is 0 Å². The fraction of sp³-hybridized carbons (Fsp3) is 0.235. The summed E-state index contributed by atoms with van der Waals surface area (Å²) in [5.41, 5.74) is 0.983. The van der Waals surface area contributed by atoms with Crippen molar-refractivity contribution in [1.29, 1.82) is 0 Å². The minimum absolute atomic E-state index is 0.104. The van der Waals surface area contributed by atoms with Crippen LogP contribution in [0.1, 0.15) is 6.92 Å². The summed E-state index contributed by atoms with van der Waals surface area (Å²) in [5.74, 6) is 0.104. The van der Waals surface area contributed by atoms with Gasteiger partial charge in [-0.05, 0) is 12.1 Å². The Morgan fingerprint density at radius 1 is 0.950 bits per heavy atom. The van der Waals surface area contributed by atoms with Gasteiger partial charge in [-0.2, -0.15) is 0 Å². The predicted molar refractivity (Wildman–Crippen MR) is 88.0 cm³/mol. The molecule has 0 N–H and O–H groups in total. The van der Waals surface area contributed by atoms with Crippen LogP contribution in [0.3, 0.4) is 0 Å². The molecule has 20 heavy (non-hydrogen) atoms. The van der Waals surface area contributed by atoms with Crippen LogP contribution in [0.4, 0.5) is 5.69 Å². The summed E-state index contributed by atoms with van der Waals surface area (Å²) in [5, 5.41) is 1.38. The van der Waals surface area contributed by atoms with Gasteiger partial charge in [0.2, 0.25) is 5.91 Å². The molecule has 104 valence electrons. The largest absolute Gasteiger partial charge is 0.315 e. The van der Waals surface area contributed by atoms with E-state index in [1.54, 1.807) is 6.92 Å². The Morgan fingerprint density at radius 3 is 1.95 bits per heavy atom. The van der Waals surface area contributed by atoms with E-state index in [1.807, 2.05) is 41.3 Å². The van der Waals surface area contributed by atoms with Crippen LogP contribution in [0.25, 0.3) is 0 Å². The van der Waals surface area contributed by atoms with E-state index in [0.717, 1.165) is 11.9 Å². The molecule has 0 spiro atoms. The molecule has 0 heterocycles. The summed E-state index contributed by atoms with van der Waals surface area (Å²) in [6, 6.07) is 20.5. The smallest absolute Gasteiger partial charge is 0.223 e. The number of amides is 1. The number of carbonyl (C=O) groups is 1. The fourth-order valence-corrected chi connectivity index (χ4v) is 4.84. The molecule has 0 aliphatic heterocycles. The Labute approximate surface area is 122 Å². The highest BCUT2D eigenvalue weighted by molar-refractivity contribution is 6.90. The van der Waals surface area contributed by atoms with Crippen molar-refractivity contribution in [2.45, 2.75) is 20.0 Å². The van der Waals surface area contributed by atoms with Crippen LogP contribution in [0.15, 0.2) is 60.7 Å². The summed E-state index contributed by atoms with van der Waals surface area (Å²) >= 11 is 0. The summed E-state index contributed by atoms with van der Waals surface area (Å²) in [6.07, 6.45) is 0.802. The van der Waals surface area contributed by atoms with Gasteiger partial charge in [-0.3, -0.25) is 4.79 Å². The van der Waals surface area contributed by atoms with Gasteiger partial charge in [-0.15, -0.1) is 0 Å². The first-order valence-electron chi connectivity index (χ1n) is 6.89. The third-order valence-electron chi connectivity index (χ3n) is 3.56. The number of para-hydroxylation sites is 1. The monoisotopic (exact) mass is 283 g/mol. The van der Waals surface area contributed by atoms with E-state index in [4.69, 9.17) is 0 Å². The van der Waals surface area contributed by atoms with Gasteiger partial charge in [0, 0.05) is 18.8 Å². The normalized spacial score (nSPS) is 11.2. The predicted octanol–water partition coefficient (Wildman–Crippen LogP) is 3.19. The summed E-state index contributed by atoms with van der Waals surface area (Å²) in [4.78, 5) is 13.9. The fourth-order valence-electron chi connectivity index (χ4n) is 2.37. The minimum atomic E-state index is -1.68. The van der Waals surface area contributed by atoms with Crippen LogP contribution in [0, 0.1) is 0 Å². The molecule has 2 nitrogen and oxygen atoms in total. The molecule has 0 aliphatic rings. The molecular weight excluding hydrogens is 262 g/mol. The Kier molecular flexibility index (Phi) is 4.40. The van der Waals surface area contributed by atoms with Crippen LogP contribution < -0.4 is 10.1 Å². The van der Waals surface area contributed by atoms with E-state index in [1.165, 1.54) is 5.19 Å². The number of anilines is 1. The lowest BCUT2D eigenvalue weighted by atomic mass is 10.3. The SMILES string of the molecule is CC(=O)N(C[Si](C)(C)c1ccccc1)c1ccccc1. The van der Waals surface area contributed by atoms with Crippen LogP contribution in [0.2, 0.25) is 13.1 Å². The third kappa shape index (κ3) is 3.36. The number of hydrogen-bond donors (Lipinski definition) is 0. The second-order valence-electron chi connectivity index (χ2n) is 5.69. The number of benzene rings is 2. The average Bonchev–Trinajstić information content (AvgIpc) is 2.46. The zero-order valence-electron chi connectivity index (χ0n) is 12.3. The second-order valence-corrected chi connectivity index (χ2v) is 10.4. The molecule has 2 aromatic carbocycles. The number of hydrogen-bond acceptors (Lipinski definition) is 1. The van der Waals surface area contributed by atoms with E-state index >= 15 is 0 Å². The van der Waals surface area contributed by atoms with Crippen LogP contribution in [-0.2, 0) is 4.79 Å². The average molecular weight is 283 g/mol. The molecule has 0 unspecified atom stereocenters. The van der Waals surface area contributed by atoms with Gasteiger partial charge >= 0.3 is 0 Å². The maximum atomic E-state index is 12.0. The van der Waals surface area contributed by atoms with Crippen molar-refractivity contribution in [2.75, 3.05) is 11.1 Å². The number of rotatable bonds is 4. The molecule has 0 saturated carbocycles. The first-order chi connectivity index (χ1) is 9.50. The topological polar surface area (TPSA) is 20.3 Å². The highest BCUT2D eigenvalue weighted by Crippen LogP contribution is 2.17. The van der Waals surface area contributed by atoms with Crippen LogP contribution in [0.5, 0.6) is 0 Å².